The first-order valence-corrected chi connectivity index (χ1v) is 14.7. The Morgan fingerprint density at radius 2 is 1.92 bits per heavy atom. The predicted molar refractivity (Wildman–Crippen MR) is 144 cm³/mol. The fourth-order valence-electron chi connectivity index (χ4n) is 4.47. The summed E-state index contributed by atoms with van der Waals surface area (Å²) in [7, 11) is -2.35. The number of allylic oxidation sites excluding steroid dienone is 1. The number of carbonyl (C=O) groups excluding carboxylic acids is 1. The molecule has 1 aromatic heterocycles. The number of hydrogen-bond donors (Lipinski definition) is 1. The van der Waals surface area contributed by atoms with Gasteiger partial charge in [0.05, 0.1) is 25.2 Å². The van der Waals surface area contributed by atoms with Crippen molar-refractivity contribution in [3.63, 3.8) is 0 Å². The Morgan fingerprint density at radius 3 is 2.63 bits per heavy atom. The first kappa shape index (κ1) is 26.6. The largest absolute Gasteiger partial charge is 0.497 e. The molecule has 1 N–H and O–H groups in total. The maximum Gasteiger partial charge on any atom is 0.288 e. The lowest BCUT2D eigenvalue weighted by Gasteiger charge is -2.30. The van der Waals surface area contributed by atoms with E-state index in [-0.39, 0.29) is 48.8 Å². The number of ether oxygens (including phenoxy) is 3. The zero-order valence-electron chi connectivity index (χ0n) is 21.0. The molecule has 0 radical (unpaired) electrons. The molecule has 0 unspecified atom stereocenters. The van der Waals surface area contributed by atoms with Crippen molar-refractivity contribution in [2.75, 3.05) is 46.5 Å². The second-order valence-electron chi connectivity index (χ2n) is 9.07. The normalized spacial score (nSPS) is 19.3. The zero-order chi connectivity index (χ0) is 26.7. The number of aliphatic hydroxyl groups excluding tert-OH is 1. The van der Waals surface area contributed by atoms with Crippen LogP contribution in [-0.2, 0) is 24.3 Å². The van der Waals surface area contributed by atoms with Crippen LogP contribution in [0.3, 0.4) is 0 Å². The van der Waals surface area contributed by atoms with Crippen molar-refractivity contribution in [1.29, 1.82) is 0 Å². The van der Waals surface area contributed by atoms with Gasteiger partial charge in [-0.2, -0.15) is 4.31 Å². The third-order valence-electron chi connectivity index (χ3n) is 6.60. The molecule has 2 aromatic carbocycles. The number of carbonyl (C=O) groups is 1. The van der Waals surface area contributed by atoms with Gasteiger partial charge in [0, 0.05) is 43.2 Å². The Hall–Kier alpha value is -2.96. The molecule has 2 aliphatic heterocycles. The minimum absolute atomic E-state index is 0.0138. The Labute approximate surface area is 225 Å². The van der Waals surface area contributed by atoms with Gasteiger partial charge in [-0.3, -0.25) is 4.79 Å². The lowest BCUT2D eigenvalue weighted by Crippen LogP contribution is -2.37. The van der Waals surface area contributed by atoms with E-state index >= 15 is 0 Å². The van der Waals surface area contributed by atoms with Crippen LogP contribution in [-0.4, -0.2) is 81.4 Å². The van der Waals surface area contributed by atoms with E-state index in [0.29, 0.717) is 25.3 Å². The Balaban J connectivity index is 1.30. The van der Waals surface area contributed by atoms with Crippen molar-refractivity contribution in [2.24, 2.45) is 0 Å². The monoisotopic (exact) mass is 558 g/mol. The van der Waals surface area contributed by atoms with Crippen molar-refractivity contribution >= 4 is 37.4 Å². The lowest BCUT2D eigenvalue weighted by atomic mass is 9.92. The summed E-state index contributed by atoms with van der Waals surface area (Å²) < 4.78 is 45.8. The average Bonchev–Trinajstić information content (AvgIpc) is 3.70. The number of rotatable bonds is 11. The van der Waals surface area contributed by atoms with Crippen LogP contribution in [0.4, 0.5) is 0 Å². The van der Waals surface area contributed by atoms with Gasteiger partial charge < -0.3 is 24.2 Å². The summed E-state index contributed by atoms with van der Waals surface area (Å²) in [6, 6.07) is 14.2. The zero-order valence-corrected chi connectivity index (χ0v) is 22.6. The topological polar surface area (TPSA) is 105 Å². The second kappa shape index (κ2) is 11.4. The van der Waals surface area contributed by atoms with E-state index in [4.69, 9.17) is 14.2 Å². The molecule has 3 aromatic rings. The number of benzene rings is 2. The predicted octanol–water partition coefficient (Wildman–Crippen LogP) is 3.17. The van der Waals surface area contributed by atoms with Crippen LogP contribution in [0.5, 0.6) is 5.75 Å². The van der Waals surface area contributed by atoms with Gasteiger partial charge in [0.1, 0.15) is 5.75 Å². The van der Waals surface area contributed by atoms with Crippen molar-refractivity contribution < 1.29 is 32.5 Å². The number of hydrogen-bond acceptors (Lipinski definition) is 8. The van der Waals surface area contributed by atoms with Gasteiger partial charge in [-0.05, 0) is 52.7 Å². The standard InChI is InChI=1S/C27H30N2O7S2/c1-34-20-6-8-21(9-7-20)38(32,33)29(12-14-30)13-15-35-26-17-19(16-24(36-26)27(31)28-10-11-28)23-18-37-25-5-3-2-4-22(23)25/h2-9,16,18-19,26,30H,10-15,17H2,1H3/t19-,26+/m0/s1. The van der Waals surface area contributed by atoms with Crippen molar-refractivity contribution in [3.05, 3.63) is 71.3 Å². The first-order valence-electron chi connectivity index (χ1n) is 12.4. The molecule has 0 saturated carbocycles. The number of methoxy groups -OCH3 is 1. The van der Waals surface area contributed by atoms with Gasteiger partial charge in [-0.15, -0.1) is 11.3 Å². The number of thiophene rings is 1. The van der Waals surface area contributed by atoms with Gasteiger partial charge in [0.15, 0.2) is 5.76 Å². The molecule has 1 amide bonds. The molecule has 5 rings (SSSR count). The molecule has 38 heavy (non-hydrogen) atoms. The van der Waals surface area contributed by atoms with Crippen molar-refractivity contribution in [2.45, 2.75) is 23.5 Å². The van der Waals surface area contributed by atoms with E-state index in [1.807, 2.05) is 18.2 Å². The molecule has 0 bridgehead atoms. The van der Waals surface area contributed by atoms with Gasteiger partial charge in [-0.25, -0.2) is 8.42 Å². The summed E-state index contributed by atoms with van der Waals surface area (Å²) >= 11 is 1.66. The molecule has 9 nitrogen and oxygen atoms in total. The van der Waals surface area contributed by atoms with E-state index in [1.165, 1.54) is 28.2 Å². The van der Waals surface area contributed by atoms with E-state index < -0.39 is 16.3 Å². The average molecular weight is 559 g/mol. The highest BCUT2D eigenvalue weighted by atomic mass is 32.2. The molecule has 3 heterocycles. The number of aliphatic hydroxyl groups is 1. The molecule has 1 saturated heterocycles. The van der Waals surface area contributed by atoms with E-state index in [1.54, 1.807) is 28.4 Å². The Morgan fingerprint density at radius 1 is 1.16 bits per heavy atom. The van der Waals surface area contributed by atoms with Crippen LogP contribution < -0.4 is 4.74 Å². The van der Waals surface area contributed by atoms with Crippen LogP contribution >= 0.6 is 11.3 Å². The second-order valence-corrected chi connectivity index (χ2v) is 11.9. The maximum absolute atomic E-state index is 13.2. The smallest absolute Gasteiger partial charge is 0.288 e. The molecule has 202 valence electrons. The SMILES string of the molecule is COc1ccc(S(=O)(=O)N(CCO)CCO[C@H]2C[C@@H](c3csc4ccccc34)C=C(C(=O)N3CC3)O2)cc1. The highest BCUT2D eigenvalue weighted by Crippen LogP contribution is 2.38. The van der Waals surface area contributed by atoms with Crippen molar-refractivity contribution in [3.8, 4) is 5.75 Å². The van der Waals surface area contributed by atoms with Crippen LogP contribution in [0.15, 0.2) is 70.6 Å². The molecule has 2 aliphatic rings. The minimum Gasteiger partial charge on any atom is -0.497 e. The van der Waals surface area contributed by atoms with Crippen molar-refractivity contribution in [1.82, 2.24) is 9.21 Å². The summed E-state index contributed by atoms with van der Waals surface area (Å²) in [5.74, 6) is 0.564. The Kier molecular flexibility index (Phi) is 8.01. The quantitative estimate of drug-likeness (QED) is 0.361. The summed E-state index contributed by atoms with van der Waals surface area (Å²) in [6.45, 7) is 1.04. The highest BCUT2D eigenvalue weighted by molar-refractivity contribution is 7.89. The fourth-order valence-corrected chi connectivity index (χ4v) is 6.91. The first-order chi connectivity index (χ1) is 18.4. The van der Waals surface area contributed by atoms with Gasteiger partial charge in [0.25, 0.3) is 5.91 Å². The van der Waals surface area contributed by atoms with Gasteiger partial charge in [-0.1, -0.05) is 18.2 Å². The fraction of sp³-hybridized carbons (Fsp3) is 0.370. The molecule has 0 aliphatic carbocycles. The minimum atomic E-state index is -3.86. The van der Waals surface area contributed by atoms with E-state index in [0.717, 1.165) is 10.9 Å². The molecule has 11 heteroatoms. The van der Waals surface area contributed by atoms with Crippen LogP contribution in [0.1, 0.15) is 17.9 Å². The number of amides is 1. The molecular weight excluding hydrogens is 528 g/mol. The van der Waals surface area contributed by atoms with Gasteiger partial charge >= 0.3 is 0 Å². The lowest BCUT2D eigenvalue weighted by molar-refractivity contribution is -0.149. The number of fused-ring (bicyclic) bond motifs is 1. The van der Waals surface area contributed by atoms with E-state index in [2.05, 4.69) is 17.5 Å². The van der Waals surface area contributed by atoms with Crippen LogP contribution in [0.2, 0.25) is 0 Å². The molecule has 2 atom stereocenters. The van der Waals surface area contributed by atoms with Gasteiger partial charge in [0.2, 0.25) is 16.3 Å². The summed E-state index contributed by atoms with van der Waals surface area (Å²) in [6.07, 6.45) is 1.64. The van der Waals surface area contributed by atoms with E-state index in [9.17, 15) is 18.3 Å². The maximum atomic E-state index is 13.2. The Bertz CT molecular complexity index is 1410. The molecule has 0 spiro atoms. The summed E-state index contributed by atoms with van der Waals surface area (Å²) in [5, 5.41) is 12.8. The third kappa shape index (κ3) is 5.71. The summed E-state index contributed by atoms with van der Waals surface area (Å²) in [5.41, 5.74) is 1.11. The molecular formula is C27H30N2O7S2. The number of sulfonamides is 1. The third-order valence-corrected chi connectivity index (χ3v) is 9.50. The van der Waals surface area contributed by atoms with Crippen LogP contribution in [0.25, 0.3) is 10.1 Å². The number of nitrogens with zero attached hydrogens (tertiary/aromatic N) is 2. The summed E-state index contributed by atoms with van der Waals surface area (Å²) in [4.78, 5) is 14.6. The highest BCUT2D eigenvalue weighted by Gasteiger charge is 2.35. The van der Waals surface area contributed by atoms with Crippen LogP contribution in [0, 0.1) is 0 Å². The molecule has 1 fully saturated rings.